The van der Waals surface area contributed by atoms with Crippen LogP contribution in [-0.4, -0.2) is 15.9 Å². The Bertz CT molecular complexity index is 1280. The zero-order chi connectivity index (χ0) is 24.2. The van der Waals surface area contributed by atoms with Crippen LogP contribution in [0.25, 0.3) is 31.8 Å². The van der Waals surface area contributed by atoms with Crippen LogP contribution >= 0.6 is 11.3 Å². The minimum atomic E-state index is -0.217. The number of halogens is 1. The summed E-state index contributed by atoms with van der Waals surface area (Å²) in [6.07, 6.45) is 3.01. The molecule has 2 aromatic carbocycles. The van der Waals surface area contributed by atoms with Gasteiger partial charge in [0.25, 0.3) is 0 Å². The molecule has 1 N–H and O–H groups in total. The number of thiophene rings is 1. The number of allylic oxidation sites excluding steroid dienone is 2. The van der Waals surface area contributed by atoms with E-state index in [2.05, 4.69) is 56.1 Å². The first-order valence-corrected chi connectivity index (χ1v) is 11.4. The first kappa shape index (κ1) is 27.6. The maximum atomic E-state index is 13.2. The maximum absolute atomic E-state index is 13.2. The Labute approximate surface area is 217 Å². The molecule has 2 aromatic heterocycles. The van der Waals surface area contributed by atoms with Crippen LogP contribution in [0.2, 0.25) is 0 Å². The molecule has 0 bridgehead atoms. The number of hydrogen-bond acceptors (Lipinski definition) is 4. The zero-order valence-electron chi connectivity index (χ0n) is 19.8. The number of nitrogens with zero attached hydrogens (tertiary/aromatic N) is 1. The largest absolute Gasteiger partial charge is 0.512 e. The number of fused-ring (bicyclic) bond motifs is 1. The second-order valence-corrected chi connectivity index (χ2v) is 9.91. The van der Waals surface area contributed by atoms with Crippen LogP contribution in [0.4, 0.5) is 4.39 Å². The number of rotatable bonds is 3. The summed E-state index contributed by atoms with van der Waals surface area (Å²) in [6, 6.07) is 20.5. The molecule has 34 heavy (non-hydrogen) atoms. The van der Waals surface area contributed by atoms with E-state index in [1.54, 1.807) is 11.3 Å². The van der Waals surface area contributed by atoms with Gasteiger partial charge in [0.1, 0.15) is 5.82 Å². The molecule has 0 atom stereocenters. The fourth-order valence-corrected chi connectivity index (χ4v) is 4.33. The molecule has 0 saturated carbocycles. The van der Waals surface area contributed by atoms with E-state index >= 15 is 0 Å². The summed E-state index contributed by atoms with van der Waals surface area (Å²) >= 11 is 1.70. The first-order chi connectivity index (χ1) is 15.5. The average Bonchev–Trinajstić information content (AvgIpc) is 3.17. The van der Waals surface area contributed by atoms with E-state index in [1.165, 1.54) is 42.3 Å². The van der Waals surface area contributed by atoms with Gasteiger partial charge in [0.2, 0.25) is 0 Å². The fraction of sp³-hybridized carbons (Fsp3) is 0.214. The van der Waals surface area contributed by atoms with Crippen molar-refractivity contribution in [2.24, 2.45) is 0 Å². The predicted molar refractivity (Wildman–Crippen MR) is 135 cm³/mol. The number of hydrogen-bond donors (Lipinski definition) is 1. The van der Waals surface area contributed by atoms with E-state index in [0.717, 1.165) is 27.1 Å². The molecule has 6 heteroatoms. The average molecular weight is 653 g/mol. The minimum Gasteiger partial charge on any atom is -0.512 e. The molecule has 0 unspecified atom stereocenters. The SMILES string of the molecule is CC(=O)C=C(C)O.CC(C)(C)c1c[c-]c(-c2nccc3sc(-c4ccc(F)cc4)cc23)cc1.[Ir]. The van der Waals surface area contributed by atoms with Gasteiger partial charge >= 0.3 is 0 Å². The Balaban J connectivity index is 0.000000449. The standard InChI is InChI=1S/C23H19FNS.C5H8O2.Ir/c1-23(2,3)17-8-4-16(5-9-17)22-19-14-21(26-20(19)12-13-25-22)15-6-10-18(24)11-7-15;1-4(6)3-5(2)7;/h4,6-14H,1-3H3;3,6H,1-2H3;/q-1;;. The normalized spacial score (nSPS) is 11.4. The summed E-state index contributed by atoms with van der Waals surface area (Å²) in [7, 11) is 0. The van der Waals surface area contributed by atoms with Crippen molar-refractivity contribution in [1.29, 1.82) is 0 Å². The van der Waals surface area contributed by atoms with Gasteiger partial charge in [0.15, 0.2) is 5.78 Å². The van der Waals surface area contributed by atoms with Crippen LogP contribution in [-0.2, 0) is 30.3 Å². The number of aromatic nitrogens is 1. The third kappa shape index (κ3) is 7.17. The van der Waals surface area contributed by atoms with Crippen LogP contribution in [0.15, 0.2) is 72.6 Å². The quantitative estimate of drug-likeness (QED) is 0.139. The Morgan fingerprint density at radius 3 is 2.26 bits per heavy atom. The number of carbonyl (C=O) groups excluding carboxylic acids is 1. The Morgan fingerprint density at radius 1 is 1.09 bits per heavy atom. The number of aliphatic hydroxyl groups is 1. The smallest absolute Gasteiger partial charge is 0.155 e. The van der Waals surface area contributed by atoms with Crippen molar-refractivity contribution in [3.63, 3.8) is 0 Å². The van der Waals surface area contributed by atoms with Crippen LogP contribution in [0.1, 0.15) is 40.2 Å². The van der Waals surface area contributed by atoms with E-state index < -0.39 is 0 Å². The topological polar surface area (TPSA) is 50.2 Å². The van der Waals surface area contributed by atoms with Crippen LogP contribution < -0.4 is 0 Å². The predicted octanol–water partition coefficient (Wildman–Crippen LogP) is 7.90. The molecule has 0 aliphatic heterocycles. The summed E-state index contributed by atoms with van der Waals surface area (Å²) in [5.41, 5.74) is 4.31. The molecule has 0 spiro atoms. The van der Waals surface area contributed by atoms with Crippen molar-refractivity contribution in [2.45, 2.75) is 40.0 Å². The van der Waals surface area contributed by atoms with E-state index in [0.29, 0.717) is 0 Å². The molecular weight excluding hydrogens is 626 g/mol. The summed E-state index contributed by atoms with van der Waals surface area (Å²) < 4.78 is 14.4. The van der Waals surface area contributed by atoms with Gasteiger partial charge in [0, 0.05) is 42.0 Å². The summed E-state index contributed by atoms with van der Waals surface area (Å²) in [5, 5.41) is 9.47. The molecule has 1 radical (unpaired) electrons. The number of ketones is 1. The monoisotopic (exact) mass is 653 g/mol. The molecule has 2 heterocycles. The molecular formula is C28H27FIrNO2S-. The molecule has 0 amide bonds. The van der Waals surface area contributed by atoms with Gasteiger partial charge in [-0.05, 0) is 60.2 Å². The Kier molecular flexibility index (Phi) is 9.45. The van der Waals surface area contributed by atoms with Crippen LogP contribution in [0.5, 0.6) is 0 Å². The first-order valence-electron chi connectivity index (χ1n) is 10.6. The van der Waals surface area contributed by atoms with Crippen molar-refractivity contribution < 1.29 is 34.4 Å². The zero-order valence-corrected chi connectivity index (χ0v) is 23.0. The van der Waals surface area contributed by atoms with Crippen molar-refractivity contribution in [2.75, 3.05) is 0 Å². The Morgan fingerprint density at radius 2 is 1.76 bits per heavy atom. The number of pyridine rings is 1. The van der Waals surface area contributed by atoms with Gasteiger partial charge in [-0.25, -0.2) is 4.39 Å². The van der Waals surface area contributed by atoms with Gasteiger partial charge in [-0.3, -0.25) is 4.79 Å². The summed E-state index contributed by atoms with van der Waals surface area (Å²) in [4.78, 5) is 15.7. The summed E-state index contributed by atoms with van der Waals surface area (Å²) in [5.74, 6) is -0.279. The van der Waals surface area contributed by atoms with Gasteiger partial charge in [-0.1, -0.05) is 32.9 Å². The molecule has 0 aliphatic carbocycles. The van der Waals surface area contributed by atoms with Gasteiger partial charge < -0.3 is 10.1 Å². The molecule has 0 saturated heterocycles. The van der Waals surface area contributed by atoms with Crippen molar-refractivity contribution in [3.8, 4) is 21.7 Å². The van der Waals surface area contributed by atoms with E-state index in [4.69, 9.17) is 5.11 Å². The number of benzene rings is 2. The second kappa shape index (κ2) is 11.7. The molecule has 3 nitrogen and oxygen atoms in total. The molecule has 0 aliphatic rings. The van der Waals surface area contributed by atoms with Crippen molar-refractivity contribution in [3.05, 3.63) is 90.1 Å². The van der Waals surface area contributed by atoms with Gasteiger partial charge in [0.05, 0.1) is 5.76 Å². The third-order valence-electron chi connectivity index (χ3n) is 4.92. The van der Waals surface area contributed by atoms with E-state index in [1.807, 2.05) is 24.4 Å². The maximum Gasteiger partial charge on any atom is 0.155 e. The second-order valence-electron chi connectivity index (χ2n) is 8.83. The summed E-state index contributed by atoms with van der Waals surface area (Å²) in [6.45, 7) is 9.44. The van der Waals surface area contributed by atoms with E-state index in [-0.39, 0.29) is 42.9 Å². The number of carbonyl (C=O) groups is 1. The number of aliphatic hydroxyl groups excluding tert-OH is 1. The van der Waals surface area contributed by atoms with E-state index in [9.17, 15) is 9.18 Å². The van der Waals surface area contributed by atoms with Crippen LogP contribution in [0, 0.1) is 11.9 Å². The fourth-order valence-electron chi connectivity index (χ4n) is 3.27. The van der Waals surface area contributed by atoms with Crippen LogP contribution in [0.3, 0.4) is 0 Å². The van der Waals surface area contributed by atoms with Crippen molar-refractivity contribution >= 4 is 27.2 Å². The Hall–Kier alpha value is -2.66. The molecule has 179 valence electrons. The molecule has 0 fully saturated rings. The third-order valence-corrected chi connectivity index (χ3v) is 6.07. The van der Waals surface area contributed by atoms with Gasteiger partial charge in [-0.15, -0.1) is 46.7 Å². The van der Waals surface area contributed by atoms with Gasteiger partial charge in [-0.2, -0.15) is 0 Å². The molecule has 4 aromatic rings. The van der Waals surface area contributed by atoms with Crippen molar-refractivity contribution in [1.82, 2.24) is 4.98 Å². The minimum absolute atomic E-state index is 0. The molecule has 4 rings (SSSR count).